The van der Waals surface area contributed by atoms with Crippen LogP contribution >= 0.6 is 23.2 Å². The lowest BCUT2D eigenvalue weighted by Gasteiger charge is -2.35. The zero-order valence-corrected chi connectivity index (χ0v) is 17.8. The Morgan fingerprint density at radius 2 is 1.97 bits per heavy atom. The van der Waals surface area contributed by atoms with Gasteiger partial charge in [0, 0.05) is 35.6 Å². The van der Waals surface area contributed by atoms with E-state index in [-0.39, 0.29) is 23.7 Å². The van der Waals surface area contributed by atoms with Crippen LogP contribution in [0.4, 0.5) is 4.39 Å². The molecule has 1 heterocycles. The summed E-state index contributed by atoms with van der Waals surface area (Å²) in [6, 6.07) is 11.7. The van der Waals surface area contributed by atoms with E-state index in [1.807, 2.05) is 19.1 Å². The first-order valence-corrected chi connectivity index (χ1v) is 10.5. The summed E-state index contributed by atoms with van der Waals surface area (Å²) in [5.41, 5.74) is 1.73. The first-order chi connectivity index (χ1) is 13.9. The third-order valence-corrected chi connectivity index (χ3v) is 5.77. The highest BCUT2D eigenvalue weighted by atomic mass is 35.5. The molecule has 3 rings (SSSR count). The molecule has 4 nitrogen and oxygen atoms in total. The maximum atomic E-state index is 13.8. The second kappa shape index (κ2) is 10.4. The number of benzene rings is 2. The highest BCUT2D eigenvalue weighted by Crippen LogP contribution is 2.24. The molecule has 7 heteroatoms. The fraction of sp³-hybridized carbons (Fsp3) is 0.409. The molecular formula is C22H25Cl2FN2O2. The van der Waals surface area contributed by atoms with Crippen LogP contribution in [0, 0.1) is 11.7 Å². The van der Waals surface area contributed by atoms with Gasteiger partial charge in [0.25, 0.3) is 0 Å². The lowest BCUT2D eigenvalue weighted by molar-refractivity contribution is -0.124. The molecule has 2 unspecified atom stereocenters. The highest BCUT2D eigenvalue weighted by molar-refractivity contribution is 6.35. The number of morpholine rings is 1. The van der Waals surface area contributed by atoms with Gasteiger partial charge in [0.2, 0.25) is 5.91 Å². The third-order valence-electron chi connectivity index (χ3n) is 5.18. The highest BCUT2D eigenvalue weighted by Gasteiger charge is 2.24. The van der Waals surface area contributed by atoms with Crippen molar-refractivity contribution in [1.29, 1.82) is 0 Å². The molecule has 0 bridgehead atoms. The Morgan fingerprint density at radius 1 is 1.21 bits per heavy atom. The summed E-state index contributed by atoms with van der Waals surface area (Å²) >= 11 is 12.2. The van der Waals surface area contributed by atoms with Gasteiger partial charge >= 0.3 is 0 Å². The van der Waals surface area contributed by atoms with Crippen LogP contribution in [0.5, 0.6) is 0 Å². The number of nitrogens with one attached hydrogen (secondary N) is 1. The number of carbonyl (C=O) groups excluding carboxylic acids is 1. The van der Waals surface area contributed by atoms with Crippen molar-refractivity contribution in [2.45, 2.75) is 19.4 Å². The average Bonchev–Trinajstić information content (AvgIpc) is 2.71. The summed E-state index contributed by atoms with van der Waals surface area (Å²) in [4.78, 5) is 14.9. The van der Waals surface area contributed by atoms with E-state index in [0.29, 0.717) is 36.2 Å². The SMILES string of the molecule is CC(Cc1ccc(Cl)cc1Cl)C(=O)NCC(c1cccc(F)c1)N1CCOCC1. The predicted molar refractivity (Wildman–Crippen MR) is 114 cm³/mol. The van der Waals surface area contributed by atoms with Crippen LogP contribution in [-0.4, -0.2) is 43.7 Å². The number of hydrogen-bond donors (Lipinski definition) is 1. The Kier molecular flexibility index (Phi) is 7.90. The lowest BCUT2D eigenvalue weighted by Crippen LogP contribution is -2.44. The van der Waals surface area contributed by atoms with E-state index in [0.717, 1.165) is 24.2 Å². The van der Waals surface area contributed by atoms with Gasteiger partial charge in [-0.2, -0.15) is 0 Å². The molecular weight excluding hydrogens is 414 g/mol. The zero-order valence-electron chi connectivity index (χ0n) is 16.3. The molecule has 1 aliphatic heterocycles. The van der Waals surface area contributed by atoms with Gasteiger partial charge in [0.1, 0.15) is 5.82 Å². The summed E-state index contributed by atoms with van der Waals surface area (Å²) in [5, 5.41) is 4.16. The van der Waals surface area contributed by atoms with Gasteiger partial charge in [0.05, 0.1) is 19.3 Å². The number of amides is 1. The zero-order chi connectivity index (χ0) is 20.8. The monoisotopic (exact) mass is 438 g/mol. The van der Waals surface area contributed by atoms with Crippen molar-refractivity contribution in [2.75, 3.05) is 32.8 Å². The quantitative estimate of drug-likeness (QED) is 0.691. The van der Waals surface area contributed by atoms with Crippen molar-refractivity contribution in [2.24, 2.45) is 5.92 Å². The van der Waals surface area contributed by atoms with E-state index in [1.54, 1.807) is 18.2 Å². The molecule has 156 valence electrons. The maximum absolute atomic E-state index is 13.8. The summed E-state index contributed by atoms with van der Waals surface area (Å²) < 4.78 is 19.2. The number of rotatable bonds is 7. The molecule has 2 aromatic carbocycles. The standard InChI is InChI=1S/C22H25Cl2FN2O2/c1-15(11-16-5-6-18(23)13-20(16)24)22(28)26-14-21(27-7-9-29-10-8-27)17-3-2-4-19(25)12-17/h2-6,12-13,15,21H,7-11,14H2,1H3,(H,26,28). The van der Waals surface area contributed by atoms with Crippen LogP contribution in [-0.2, 0) is 16.0 Å². The first-order valence-electron chi connectivity index (χ1n) is 9.73. The molecule has 0 saturated carbocycles. The van der Waals surface area contributed by atoms with Gasteiger partial charge in [-0.05, 0) is 41.8 Å². The van der Waals surface area contributed by atoms with E-state index in [9.17, 15) is 9.18 Å². The molecule has 0 radical (unpaired) electrons. The van der Waals surface area contributed by atoms with Crippen LogP contribution in [0.3, 0.4) is 0 Å². The Bertz CT molecular complexity index is 843. The molecule has 0 spiro atoms. The predicted octanol–water partition coefficient (Wildman–Crippen LogP) is 4.50. The van der Waals surface area contributed by atoms with Crippen molar-refractivity contribution in [3.63, 3.8) is 0 Å². The van der Waals surface area contributed by atoms with Crippen LogP contribution in [0.1, 0.15) is 24.1 Å². The van der Waals surface area contributed by atoms with Crippen LogP contribution in [0.2, 0.25) is 10.0 Å². The summed E-state index contributed by atoms with van der Waals surface area (Å²) in [6.45, 7) is 5.02. The Morgan fingerprint density at radius 3 is 2.66 bits per heavy atom. The number of carbonyl (C=O) groups is 1. The van der Waals surface area contributed by atoms with E-state index in [1.165, 1.54) is 12.1 Å². The van der Waals surface area contributed by atoms with Crippen molar-refractivity contribution in [3.05, 3.63) is 69.5 Å². The molecule has 1 amide bonds. The van der Waals surface area contributed by atoms with Gasteiger partial charge in [-0.15, -0.1) is 0 Å². The molecule has 1 fully saturated rings. The largest absolute Gasteiger partial charge is 0.379 e. The number of hydrogen-bond acceptors (Lipinski definition) is 3. The van der Waals surface area contributed by atoms with Crippen molar-refractivity contribution < 1.29 is 13.9 Å². The molecule has 1 saturated heterocycles. The van der Waals surface area contributed by atoms with Crippen LogP contribution < -0.4 is 5.32 Å². The topological polar surface area (TPSA) is 41.6 Å². The van der Waals surface area contributed by atoms with Crippen LogP contribution in [0.25, 0.3) is 0 Å². The van der Waals surface area contributed by atoms with E-state index >= 15 is 0 Å². The number of nitrogens with zero attached hydrogens (tertiary/aromatic N) is 1. The minimum absolute atomic E-state index is 0.0642. The van der Waals surface area contributed by atoms with E-state index in [4.69, 9.17) is 27.9 Å². The minimum atomic E-state index is -0.280. The van der Waals surface area contributed by atoms with Gasteiger partial charge in [-0.25, -0.2) is 4.39 Å². The molecule has 1 N–H and O–H groups in total. The number of ether oxygens (including phenoxy) is 1. The third kappa shape index (κ3) is 6.16. The molecule has 2 atom stereocenters. The fourth-order valence-electron chi connectivity index (χ4n) is 3.54. The van der Waals surface area contributed by atoms with Crippen molar-refractivity contribution >= 4 is 29.1 Å². The van der Waals surface area contributed by atoms with Gasteiger partial charge in [0.15, 0.2) is 0 Å². The van der Waals surface area contributed by atoms with E-state index in [2.05, 4.69) is 10.2 Å². The van der Waals surface area contributed by atoms with Gasteiger partial charge in [-0.1, -0.05) is 48.3 Å². The second-order valence-corrected chi connectivity index (χ2v) is 8.15. The van der Waals surface area contributed by atoms with E-state index < -0.39 is 0 Å². The molecule has 2 aromatic rings. The maximum Gasteiger partial charge on any atom is 0.223 e. The molecule has 1 aliphatic rings. The second-order valence-electron chi connectivity index (χ2n) is 7.31. The lowest BCUT2D eigenvalue weighted by atomic mass is 9.99. The minimum Gasteiger partial charge on any atom is -0.379 e. The van der Waals surface area contributed by atoms with Crippen LogP contribution in [0.15, 0.2) is 42.5 Å². The van der Waals surface area contributed by atoms with Gasteiger partial charge < -0.3 is 10.1 Å². The first kappa shape index (κ1) is 22.0. The Hall–Kier alpha value is -1.66. The van der Waals surface area contributed by atoms with Crippen molar-refractivity contribution in [1.82, 2.24) is 10.2 Å². The van der Waals surface area contributed by atoms with Crippen molar-refractivity contribution in [3.8, 4) is 0 Å². The summed E-state index contributed by atoms with van der Waals surface area (Å²) in [5.74, 6) is -0.602. The smallest absolute Gasteiger partial charge is 0.223 e. The average molecular weight is 439 g/mol. The fourth-order valence-corrected chi connectivity index (χ4v) is 4.03. The van der Waals surface area contributed by atoms with Gasteiger partial charge in [-0.3, -0.25) is 9.69 Å². The molecule has 0 aromatic heterocycles. The molecule has 0 aliphatic carbocycles. The Labute approximate surface area is 180 Å². The Balaban J connectivity index is 1.65. The number of halogens is 3. The molecule has 29 heavy (non-hydrogen) atoms. The summed E-state index contributed by atoms with van der Waals surface area (Å²) in [7, 11) is 0. The summed E-state index contributed by atoms with van der Waals surface area (Å²) in [6.07, 6.45) is 0.518. The normalized spacial score (nSPS) is 17.0.